The molecule has 0 aromatic heterocycles. The van der Waals surface area contributed by atoms with Crippen LogP contribution in [0.25, 0.3) is 0 Å². The van der Waals surface area contributed by atoms with Crippen molar-refractivity contribution in [3.05, 3.63) is 65.2 Å². The average molecular weight is 353 g/mol. The number of benzene rings is 2. The molecule has 0 bridgehead atoms. The molecule has 0 radical (unpaired) electrons. The average Bonchev–Trinajstić information content (AvgIpc) is 2.53. The molecule has 2 aromatic carbocycles. The highest BCUT2D eigenvalue weighted by Gasteiger charge is 2.35. The number of nitrogens with two attached hydrogens (primary N) is 1. The fourth-order valence-corrected chi connectivity index (χ4v) is 2.56. The molecule has 0 saturated heterocycles. The lowest BCUT2D eigenvalue weighted by atomic mass is 9.80. The molecule has 1 unspecified atom stereocenters. The number of aryl methyl sites for hydroxylation is 1. The molecular weight excluding hydrogens is 335 g/mol. The van der Waals surface area contributed by atoms with Gasteiger partial charge in [-0.1, -0.05) is 42.0 Å². The van der Waals surface area contributed by atoms with E-state index in [2.05, 4.69) is 4.74 Å². The van der Waals surface area contributed by atoms with Crippen molar-refractivity contribution < 1.29 is 27.4 Å². The van der Waals surface area contributed by atoms with Gasteiger partial charge in [-0.25, -0.2) is 0 Å². The SMILES string of the molecule is COC(=O)CC(N)(c1cccc(C)c1)c1cccc(OC(F)(F)F)c1. The highest BCUT2D eigenvalue weighted by molar-refractivity contribution is 5.72. The number of alkyl halides is 3. The maximum absolute atomic E-state index is 12.5. The molecule has 4 nitrogen and oxygen atoms in total. The van der Waals surface area contributed by atoms with Gasteiger partial charge in [0.05, 0.1) is 19.1 Å². The van der Waals surface area contributed by atoms with Gasteiger partial charge in [0.2, 0.25) is 0 Å². The Balaban J connectivity index is 2.52. The summed E-state index contributed by atoms with van der Waals surface area (Å²) in [5.74, 6) is -0.983. The van der Waals surface area contributed by atoms with E-state index in [1.807, 2.05) is 13.0 Å². The third kappa shape index (κ3) is 4.73. The highest BCUT2D eigenvalue weighted by Crippen LogP contribution is 2.34. The Kier molecular flexibility index (Phi) is 5.37. The van der Waals surface area contributed by atoms with Crippen LogP contribution in [-0.4, -0.2) is 19.4 Å². The number of hydrogen-bond donors (Lipinski definition) is 1. The van der Waals surface area contributed by atoms with Crippen LogP contribution in [0.1, 0.15) is 23.1 Å². The summed E-state index contributed by atoms with van der Waals surface area (Å²) in [6, 6.07) is 12.4. The van der Waals surface area contributed by atoms with E-state index in [9.17, 15) is 18.0 Å². The summed E-state index contributed by atoms with van der Waals surface area (Å²) < 4.78 is 46.1. The van der Waals surface area contributed by atoms with Gasteiger partial charge in [0.15, 0.2) is 0 Å². The number of halogens is 3. The minimum atomic E-state index is -4.82. The molecule has 0 heterocycles. The van der Waals surface area contributed by atoms with Gasteiger partial charge in [-0.05, 0) is 30.2 Å². The van der Waals surface area contributed by atoms with E-state index >= 15 is 0 Å². The molecule has 0 aliphatic carbocycles. The van der Waals surface area contributed by atoms with Crippen molar-refractivity contribution in [3.8, 4) is 5.75 Å². The number of carbonyl (C=O) groups is 1. The second-order valence-electron chi connectivity index (χ2n) is 5.67. The molecule has 1 atom stereocenters. The van der Waals surface area contributed by atoms with E-state index in [4.69, 9.17) is 10.5 Å². The third-order valence-electron chi connectivity index (χ3n) is 3.77. The molecule has 2 rings (SSSR count). The summed E-state index contributed by atoms with van der Waals surface area (Å²) in [5.41, 5.74) is 6.92. The molecule has 2 aromatic rings. The van der Waals surface area contributed by atoms with E-state index in [1.54, 1.807) is 24.3 Å². The lowest BCUT2D eigenvalue weighted by molar-refractivity contribution is -0.274. The molecular formula is C18H18F3NO3. The van der Waals surface area contributed by atoms with Gasteiger partial charge in [0.25, 0.3) is 0 Å². The zero-order chi connectivity index (χ0) is 18.7. The van der Waals surface area contributed by atoms with Crippen LogP contribution in [-0.2, 0) is 15.1 Å². The van der Waals surface area contributed by atoms with Crippen LogP contribution in [0.2, 0.25) is 0 Å². The zero-order valence-corrected chi connectivity index (χ0v) is 13.8. The first-order valence-corrected chi connectivity index (χ1v) is 7.43. The number of rotatable bonds is 5. The van der Waals surface area contributed by atoms with Gasteiger partial charge in [-0.2, -0.15) is 0 Å². The van der Waals surface area contributed by atoms with Crippen molar-refractivity contribution in [2.24, 2.45) is 5.73 Å². The number of carbonyl (C=O) groups excluding carboxylic acids is 1. The molecule has 0 aliphatic heterocycles. The van der Waals surface area contributed by atoms with Crippen LogP contribution in [0.5, 0.6) is 5.75 Å². The monoisotopic (exact) mass is 353 g/mol. The van der Waals surface area contributed by atoms with Crippen LogP contribution in [0, 0.1) is 6.92 Å². The summed E-state index contributed by atoms with van der Waals surface area (Å²) in [6.07, 6.45) is -5.05. The number of ether oxygens (including phenoxy) is 2. The van der Waals surface area contributed by atoms with Gasteiger partial charge in [0, 0.05) is 0 Å². The van der Waals surface area contributed by atoms with E-state index in [1.165, 1.54) is 25.3 Å². The predicted octanol–water partition coefficient (Wildman–Crippen LogP) is 3.66. The first-order chi connectivity index (χ1) is 11.6. The summed E-state index contributed by atoms with van der Waals surface area (Å²) in [7, 11) is 1.22. The highest BCUT2D eigenvalue weighted by atomic mass is 19.4. The predicted molar refractivity (Wildman–Crippen MR) is 85.9 cm³/mol. The van der Waals surface area contributed by atoms with Crippen LogP contribution >= 0.6 is 0 Å². The number of esters is 1. The standard InChI is InChI=1S/C18H18F3NO3/c1-12-5-3-6-13(9-12)17(22,11-16(23)24-2)14-7-4-8-15(10-14)25-18(19,20)21/h3-10H,11,22H2,1-2H3. The Labute approximate surface area is 143 Å². The summed E-state index contributed by atoms with van der Waals surface area (Å²) >= 11 is 0. The fraction of sp³-hybridized carbons (Fsp3) is 0.278. The molecule has 0 aliphatic rings. The van der Waals surface area contributed by atoms with Gasteiger partial charge in [-0.15, -0.1) is 13.2 Å². The number of methoxy groups -OCH3 is 1. The Morgan fingerprint density at radius 2 is 1.68 bits per heavy atom. The quantitative estimate of drug-likeness (QED) is 0.834. The van der Waals surface area contributed by atoms with Crippen molar-refractivity contribution in [1.82, 2.24) is 0 Å². The molecule has 7 heteroatoms. The topological polar surface area (TPSA) is 61.5 Å². The molecule has 134 valence electrons. The Morgan fingerprint density at radius 3 is 2.24 bits per heavy atom. The second-order valence-corrected chi connectivity index (χ2v) is 5.67. The molecule has 25 heavy (non-hydrogen) atoms. The first-order valence-electron chi connectivity index (χ1n) is 7.43. The lowest BCUT2D eigenvalue weighted by Gasteiger charge is -2.30. The summed E-state index contributed by atoms with van der Waals surface area (Å²) in [6.45, 7) is 1.85. The Hall–Kier alpha value is -2.54. The maximum atomic E-state index is 12.5. The smallest absolute Gasteiger partial charge is 0.469 e. The molecule has 0 spiro atoms. The summed E-state index contributed by atoms with van der Waals surface area (Å²) in [4.78, 5) is 11.9. The van der Waals surface area contributed by atoms with Crippen LogP contribution in [0.15, 0.2) is 48.5 Å². The summed E-state index contributed by atoms with van der Waals surface area (Å²) in [5, 5.41) is 0. The van der Waals surface area contributed by atoms with E-state index in [0.717, 1.165) is 5.56 Å². The van der Waals surface area contributed by atoms with E-state index < -0.39 is 23.6 Å². The minimum absolute atomic E-state index is 0.234. The number of hydrogen-bond acceptors (Lipinski definition) is 4. The van der Waals surface area contributed by atoms with Crippen LogP contribution < -0.4 is 10.5 Å². The maximum Gasteiger partial charge on any atom is 0.573 e. The minimum Gasteiger partial charge on any atom is -0.469 e. The zero-order valence-electron chi connectivity index (χ0n) is 13.8. The van der Waals surface area contributed by atoms with Crippen LogP contribution in [0.4, 0.5) is 13.2 Å². The van der Waals surface area contributed by atoms with Crippen molar-refractivity contribution >= 4 is 5.97 Å². The van der Waals surface area contributed by atoms with Crippen molar-refractivity contribution in [2.75, 3.05) is 7.11 Å². The van der Waals surface area contributed by atoms with Gasteiger partial charge >= 0.3 is 12.3 Å². The first kappa shape index (κ1) is 18.8. The second kappa shape index (κ2) is 7.14. The van der Waals surface area contributed by atoms with Gasteiger partial charge < -0.3 is 15.2 Å². The largest absolute Gasteiger partial charge is 0.573 e. The fourth-order valence-electron chi connectivity index (χ4n) is 2.56. The van der Waals surface area contributed by atoms with Crippen molar-refractivity contribution in [1.29, 1.82) is 0 Å². The Morgan fingerprint density at radius 1 is 1.08 bits per heavy atom. The van der Waals surface area contributed by atoms with Crippen molar-refractivity contribution in [2.45, 2.75) is 25.2 Å². The lowest BCUT2D eigenvalue weighted by Crippen LogP contribution is -2.40. The van der Waals surface area contributed by atoms with E-state index in [-0.39, 0.29) is 6.42 Å². The Bertz CT molecular complexity index is 761. The van der Waals surface area contributed by atoms with Crippen molar-refractivity contribution in [3.63, 3.8) is 0 Å². The molecule has 0 amide bonds. The molecule has 0 saturated carbocycles. The van der Waals surface area contributed by atoms with Gasteiger partial charge in [-0.3, -0.25) is 4.79 Å². The van der Waals surface area contributed by atoms with Gasteiger partial charge in [0.1, 0.15) is 5.75 Å². The molecule has 0 fully saturated rings. The van der Waals surface area contributed by atoms with Crippen LogP contribution in [0.3, 0.4) is 0 Å². The normalized spacial score (nSPS) is 13.8. The van der Waals surface area contributed by atoms with E-state index in [0.29, 0.717) is 11.1 Å². The third-order valence-corrected chi connectivity index (χ3v) is 3.77. The molecule has 2 N–H and O–H groups in total.